The van der Waals surface area contributed by atoms with Crippen LogP contribution in [-0.2, 0) is 4.79 Å². The molecule has 0 saturated carbocycles. The predicted octanol–water partition coefficient (Wildman–Crippen LogP) is 3.63. The fraction of sp³-hybridized carbons (Fsp3) is 0.0625. The number of carbonyl (C=O) groups is 1. The lowest BCUT2D eigenvalue weighted by atomic mass is 10.2. The van der Waals surface area contributed by atoms with Gasteiger partial charge in [-0.2, -0.15) is 0 Å². The Labute approximate surface area is 113 Å². The summed E-state index contributed by atoms with van der Waals surface area (Å²) >= 11 is 0. The molecule has 2 rings (SSSR count). The summed E-state index contributed by atoms with van der Waals surface area (Å²) < 4.78 is 0. The molecule has 0 atom stereocenters. The third-order valence-corrected chi connectivity index (χ3v) is 1.99. The van der Waals surface area contributed by atoms with Gasteiger partial charge in [0.25, 0.3) is 0 Å². The number of hydrogen-bond donors (Lipinski definition) is 2. The van der Waals surface area contributed by atoms with E-state index in [1.165, 1.54) is 23.8 Å². The topological polar surface area (TPSA) is 57.5 Å². The van der Waals surface area contributed by atoms with Crippen molar-refractivity contribution in [2.45, 2.75) is 6.92 Å². The van der Waals surface area contributed by atoms with Gasteiger partial charge in [-0.25, -0.2) is 0 Å². The monoisotopic (exact) mass is 258 g/mol. The van der Waals surface area contributed by atoms with Crippen molar-refractivity contribution >= 4 is 12.9 Å². The molecule has 2 aromatic carbocycles. The largest absolute Gasteiger partial charge is 0.508 e. The van der Waals surface area contributed by atoms with Gasteiger partial charge in [-0.05, 0) is 24.6 Å². The summed E-state index contributed by atoms with van der Waals surface area (Å²) in [5, 5.41) is 17.3. The van der Waals surface area contributed by atoms with Crippen LogP contribution in [0, 0.1) is 0 Å². The minimum atomic E-state index is 0.0880. The van der Waals surface area contributed by atoms with Crippen LogP contribution < -0.4 is 0 Å². The fourth-order valence-corrected chi connectivity index (χ4v) is 1.25. The van der Waals surface area contributed by atoms with Crippen LogP contribution in [0.3, 0.4) is 0 Å². The molecule has 2 aromatic rings. The van der Waals surface area contributed by atoms with Gasteiger partial charge in [-0.3, -0.25) is 0 Å². The average Bonchev–Trinajstić information content (AvgIpc) is 2.43. The summed E-state index contributed by atoms with van der Waals surface area (Å²) in [6, 6.07) is 16.1. The first kappa shape index (κ1) is 16.4. The Morgan fingerprint density at radius 2 is 1.42 bits per heavy atom. The SMILES string of the molecule is C=O.CC=Cc1ccccc1.Oc1cccc(O)c1. The number of rotatable bonds is 1. The Morgan fingerprint density at radius 1 is 0.895 bits per heavy atom. The average molecular weight is 258 g/mol. The van der Waals surface area contributed by atoms with E-state index in [1.807, 2.05) is 38.0 Å². The second-order valence-electron chi connectivity index (χ2n) is 3.43. The van der Waals surface area contributed by atoms with Crippen LogP contribution in [0.5, 0.6) is 11.5 Å². The highest BCUT2D eigenvalue weighted by molar-refractivity contribution is 5.47. The van der Waals surface area contributed by atoms with Crippen LogP contribution in [0.2, 0.25) is 0 Å². The third kappa shape index (κ3) is 8.21. The van der Waals surface area contributed by atoms with Crippen LogP contribution in [0.1, 0.15) is 12.5 Å². The predicted molar refractivity (Wildman–Crippen MR) is 78.0 cm³/mol. The molecule has 0 radical (unpaired) electrons. The van der Waals surface area contributed by atoms with Crippen molar-refractivity contribution in [2.75, 3.05) is 0 Å². The van der Waals surface area contributed by atoms with Crippen molar-refractivity contribution < 1.29 is 15.0 Å². The van der Waals surface area contributed by atoms with Crippen LogP contribution >= 0.6 is 0 Å². The molecule has 0 spiro atoms. The number of hydrogen-bond acceptors (Lipinski definition) is 3. The number of aromatic hydroxyl groups is 2. The first-order valence-electron chi connectivity index (χ1n) is 5.67. The van der Waals surface area contributed by atoms with Gasteiger partial charge in [0, 0.05) is 6.07 Å². The molecule has 3 heteroatoms. The second kappa shape index (κ2) is 10.6. The molecule has 0 saturated heterocycles. The molecule has 0 aliphatic rings. The van der Waals surface area contributed by atoms with Gasteiger partial charge >= 0.3 is 0 Å². The summed E-state index contributed by atoms with van der Waals surface area (Å²) in [6.07, 6.45) is 4.12. The van der Waals surface area contributed by atoms with Crippen LogP contribution in [-0.4, -0.2) is 17.0 Å². The summed E-state index contributed by atoms with van der Waals surface area (Å²) in [6.45, 7) is 4.02. The van der Waals surface area contributed by atoms with E-state index in [9.17, 15) is 0 Å². The lowest BCUT2D eigenvalue weighted by Crippen LogP contribution is -1.65. The van der Waals surface area contributed by atoms with Gasteiger partial charge in [0.2, 0.25) is 0 Å². The van der Waals surface area contributed by atoms with Crippen LogP contribution in [0.15, 0.2) is 60.7 Å². The van der Waals surface area contributed by atoms with Crippen molar-refractivity contribution in [3.8, 4) is 11.5 Å². The standard InChI is InChI=1S/C9H10.C6H6O2.CH2O/c1-2-6-9-7-4-3-5-8-9;7-5-2-1-3-6(8)4-5;1-2/h2-8H,1H3;1-4,7-8H;1H2. The Balaban J connectivity index is 0.000000303. The van der Waals surface area contributed by atoms with Crippen molar-refractivity contribution in [3.63, 3.8) is 0 Å². The maximum atomic E-state index is 8.65. The first-order valence-corrected chi connectivity index (χ1v) is 5.67. The molecule has 3 nitrogen and oxygen atoms in total. The number of phenolic OH excluding ortho intramolecular Hbond substituents is 2. The number of phenols is 2. The van der Waals surface area contributed by atoms with E-state index in [4.69, 9.17) is 15.0 Å². The second-order valence-corrected chi connectivity index (χ2v) is 3.43. The molecular weight excluding hydrogens is 240 g/mol. The van der Waals surface area contributed by atoms with Gasteiger partial charge in [0.15, 0.2) is 0 Å². The lowest BCUT2D eigenvalue weighted by Gasteiger charge is -1.89. The van der Waals surface area contributed by atoms with Crippen molar-refractivity contribution in [1.29, 1.82) is 0 Å². The van der Waals surface area contributed by atoms with Gasteiger partial charge < -0.3 is 15.0 Å². The van der Waals surface area contributed by atoms with Crippen LogP contribution in [0.25, 0.3) is 6.08 Å². The molecule has 100 valence electrons. The number of allylic oxidation sites excluding steroid dienone is 1. The van der Waals surface area contributed by atoms with E-state index < -0.39 is 0 Å². The molecule has 0 unspecified atom stereocenters. The molecule has 0 amide bonds. The molecule has 0 aliphatic carbocycles. The molecule has 0 aromatic heterocycles. The summed E-state index contributed by atoms with van der Waals surface area (Å²) in [7, 11) is 0. The van der Waals surface area contributed by atoms with Crippen molar-refractivity contribution in [3.05, 3.63) is 66.2 Å². The van der Waals surface area contributed by atoms with Crippen molar-refractivity contribution in [1.82, 2.24) is 0 Å². The van der Waals surface area contributed by atoms with E-state index in [2.05, 4.69) is 18.2 Å². The molecule has 0 heterocycles. The fourth-order valence-electron chi connectivity index (χ4n) is 1.25. The van der Waals surface area contributed by atoms with E-state index in [0.717, 1.165) is 0 Å². The zero-order valence-electron chi connectivity index (χ0n) is 10.9. The summed E-state index contributed by atoms with van der Waals surface area (Å²) in [5.74, 6) is 0.176. The summed E-state index contributed by atoms with van der Waals surface area (Å²) in [4.78, 5) is 8.00. The van der Waals surface area contributed by atoms with E-state index in [-0.39, 0.29) is 11.5 Å². The zero-order valence-corrected chi connectivity index (χ0v) is 10.9. The Kier molecular flexibility index (Phi) is 9.17. The minimum absolute atomic E-state index is 0.0880. The van der Waals surface area contributed by atoms with E-state index >= 15 is 0 Å². The number of carbonyl (C=O) groups excluding carboxylic acids is 1. The molecule has 19 heavy (non-hydrogen) atoms. The maximum absolute atomic E-state index is 8.65. The van der Waals surface area contributed by atoms with Crippen LogP contribution in [0.4, 0.5) is 0 Å². The van der Waals surface area contributed by atoms with Gasteiger partial charge in [0.05, 0.1) is 0 Å². The quantitative estimate of drug-likeness (QED) is 0.821. The smallest absolute Gasteiger partial charge is 0.119 e. The normalized spacial score (nSPS) is 8.89. The number of benzene rings is 2. The van der Waals surface area contributed by atoms with Gasteiger partial charge in [-0.15, -0.1) is 0 Å². The highest BCUT2D eigenvalue weighted by atomic mass is 16.3. The molecule has 2 N–H and O–H groups in total. The van der Waals surface area contributed by atoms with Gasteiger partial charge in [0.1, 0.15) is 18.3 Å². The van der Waals surface area contributed by atoms with Gasteiger partial charge in [-0.1, -0.05) is 48.6 Å². The Hall–Kier alpha value is -2.55. The molecular formula is C16H18O3. The Bertz CT molecular complexity index is 461. The minimum Gasteiger partial charge on any atom is -0.508 e. The van der Waals surface area contributed by atoms with Crippen molar-refractivity contribution in [2.24, 2.45) is 0 Å². The molecule has 0 bridgehead atoms. The van der Waals surface area contributed by atoms with E-state index in [1.54, 1.807) is 6.07 Å². The lowest BCUT2D eigenvalue weighted by molar-refractivity contribution is -0.0979. The highest BCUT2D eigenvalue weighted by Gasteiger charge is 1.85. The van der Waals surface area contributed by atoms with E-state index in [0.29, 0.717) is 0 Å². The highest BCUT2D eigenvalue weighted by Crippen LogP contribution is 2.14. The maximum Gasteiger partial charge on any atom is 0.119 e. The third-order valence-electron chi connectivity index (χ3n) is 1.99. The summed E-state index contributed by atoms with van der Waals surface area (Å²) in [5.41, 5.74) is 1.26. The molecule has 0 aliphatic heterocycles. The molecule has 0 fully saturated rings. The Morgan fingerprint density at radius 3 is 1.79 bits per heavy atom. The first-order chi connectivity index (χ1) is 9.22. The zero-order chi connectivity index (χ0) is 14.5.